The van der Waals surface area contributed by atoms with Crippen molar-refractivity contribution in [2.75, 3.05) is 0 Å². The molecule has 0 N–H and O–H groups in total. The highest BCUT2D eigenvalue weighted by molar-refractivity contribution is 5.98. The van der Waals surface area contributed by atoms with Crippen LogP contribution in [0.15, 0.2) is 18.2 Å². The summed E-state index contributed by atoms with van der Waals surface area (Å²) in [4.78, 5) is 11.3. The highest BCUT2D eigenvalue weighted by atomic mass is 16.1. The fourth-order valence-electron chi connectivity index (χ4n) is 1.94. The summed E-state index contributed by atoms with van der Waals surface area (Å²) in [5.41, 5.74) is 2.89. The molecule has 84 valence electrons. The second-order valence-corrected chi connectivity index (χ2v) is 4.45. The first-order valence-electron chi connectivity index (χ1n) is 5.48. The first-order valence-corrected chi connectivity index (χ1v) is 5.48. The van der Waals surface area contributed by atoms with Gasteiger partial charge in [-0.2, -0.15) is 5.10 Å². The first kappa shape index (κ1) is 10.9. The Kier molecular flexibility index (Phi) is 2.54. The number of Topliss-reactive ketones (excluding diaryl/α,β-unsaturated/α-hetero) is 1. The van der Waals surface area contributed by atoms with E-state index in [1.165, 1.54) is 0 Å². The molecule has 0 aliphatic rings. The van der Waals surface area contributed by atoms with Crippen molar-refractivity contribution in [3.8, 4) is 0 Å². The van der Waals surface area contributed by atoms with E-state index in [1.54, 1.807) is 6.92 Å². The Hall–Kier alpha value is -1.64. The second kappa shape index (κ2) is 3.74. The van der Waals surface area contributed by atoms with Crippen molar-refractivity contribution < 1.29 is 4.79 Å². The van der Waals surface area contributed by atoms with E-state index in [2.05, 4.69) is 18.9 Å². The van der Waals surface area contributed by atoms with Gasteiger partial charge in [0, 0.05) is 18.0 Å². The molecule has 0 amide bonds. The summed E-state index contributed by atoms with van der Waals surface area (Å²) in [6, 6.07) is 5.77. The fraction of sp³-hybridized carbons (Fsp3) is 0.385. The van der Waals surface area contributed by atoms with Gasteiger partial charge in [-0.1, -0.05) is 13.8 Å². The van der Waals surface area contributed by atoms with Crippen molar-refractivity contribution in [1.82, 2.24) is 9.78 Å². The van der Waals surface area contributed by atoms with Crippen molar-refractivity contribution in [1.29, 1.82) is 0 Å². The minimum Gasteiger partial charge on any atom is -0.295 e. The second-order valence-electron chi connectivity index (χ2n) is 4.45. The number of fused-ring (bicyclic) bond motifs is 1. The number of carbonyl (C=O) groups excluding carboxylic acids is 1. The quantitative estimate of drug-likeness (QED) is 0.723. The molecular weight excluding hydrogens is 200 g/mol. The van der Waals surface area contributed by atoms with E-state index in [0.717, 1.165) is 22.2 Å². The zero-order chi connectivity index (χ0) is 11.9. The van der Waals surface area contributed by atoms with Crippen molar-refractivity contribution in [3.63, 3.8) is 0 Å². The molecule has 2 aromatic rings. The van der Waals surface area contributed by atoms with Gasteiger partial charge in [-0.05, 0) is 31.0 Å². The summed E-state index contributed by atoms with van der Waals surface area (Å²) >= 11 is 0. The summed E-state index contributed by atoms with van der Waals surface area (Å²) < 4.78 is 1.87. The molecule has 0 bridgehead atoms. The van der Waals surface area contributed by atoms with Crippen LogP contribution >= 0.6 is 0 Å². The van der Waals surface area contributed by atoms with E-state index in [4.69, 9.17) is 0 Å². The number of benzene rings is 1. The number of carbonyl (C=O) groups is 1. The lowest BCUT2D eigenvalue weighted by Crippen LogP contribution is -1.92. The van der Waals surface area contributed by atoms with Crippen LogP contribution in [0.1, 0.15) is 42.7 Å². The van der Waals surface area contributed by atoms with Gasteiger partial charge in [0.25, 0.3) is 0 Å². The van der Waals surface area contributed by atoms with Gasteiger partial charge in [0.1, 0.15) is 0 Å². The zero-order valence-electron chi connectivity index (χ0n) is 10.1. The third-order valence-corrected chi connectivity index (χ3v) is 2.83. The maximum absolute atomic E-state index is 11.3. The number of hydrogen-bond acceptors (Lipinski definition) is 2. The van der Waals surface area contributed by atoms with E-state index in [1.807, 2.05) is 29.9 Å². The van der Waals surface area contributed by atoms with E-state index in [9.17, 15) is 4.79 Å². The predicted octanol–water partition coefficient (Wildman–Crippen LogP) is 2.90. The summed E-state index contributed by atoms with van der Waals surface area (Å²) in [5, 5.41) is 5.58. The van der Waals surface area contributed by atoms with Crippen LogP contribution in [0, 0.1) is 0 Å². The van der Waals surface area contributed by atoms with Crippen molar-refractivity contribution in [2.24, 2.45) is 7.05 Å². The van der Waals surface area contributed by atoms with Crippen LogP contribution in [0.3, 0.4) is 0 Å². The lowest BCUT2D eigenvalue weighted by atomic mass is 10.0. The molecule has 3 heteroatoms. The molecule has 0 spiro atoms. The average molecular weight is 216 g/mol. The number of aryl methyl sites for hydroxylation is 1. The molecule has 0 saturated carbocycles. The van der Waals surface area contributed by atoms with Crippen LogP contribution in [-0.2, 0) is 7.05 Å². The van der Waals surface area contributed by atoms with Crippen LogP contribution in [0.2, 0.25) is 0 Å². The van der Waals surface area contributed by atoms with Crippen molar-refractivity contribution in [3.05, 3.63) is 29.5 Å². The smallest absolute Gasteiger partial charge is 0.159 e. The summed E-state index contributed by atoms with van der Waals surface area (Å²) in [5.74, 6) is 0.464. The summed E-state index contributed by atoms with van der Waals surface area (Å²) in [7, 11) is 1.93. The standard InChI is InChI=1S/C13H16N2O/c1-8(2)13-11-7-10(9(3)16)5-6-12(11)15(4)14-13/h5-8H,1-4H3. The molecule has 16 heavy (non-hydrogen) atoms. The normalized spacial score (nSPS) is 11.3. The largest absolute Gasteiger partial charge is 0.295 e. The minimum atomic E-state index is 0.0976. The van der Waals surface area contributed by atoms with Gasteiger partial charge in [0.15, 0.2) is 5.78 Å². The SMILES string of the molecule is CC(=O)c1ccc2c(c1)c(C(C)C)nn2C. The Bertz CT molecular complexity index is 552. The number of nitrogens with zero attached hydrogens (tertiary/aromatic N) is 2. The Labute approximate surface area is 95.1 Å². The van der Waals surface area contributed by atoms with E-state index in [-0.39, 0.29) is 5.78 Å². The molecule has 1 aromatic heterocycles. The van der Waals surface area contributed by atoms with Crippen molar-refractivity contribution in [2.45, 2.75) is 26.7 Å². The van der Waals surface area contributed by atoms with Gasteiger partial charge < -0.3 is 0 Å². The molecule has 3 nitrogen and oxygen atoms in total. The van der Waals surface area contributed by atoms with Crippen LogP contribution in [0.25, 0.3) is 10.9 Å². The molecule has 1 aromatic carbocycles. The Morgan fingerprint density at radius 2 is 2.06 bits per heavy atom. The van der Waals surface area contributed by atoms with Gasteiger partial charge in [0.2, 0.25) is 0 Å². The minimum absolute atomic E-state index is 0.0976. The maximum atomic E-state index is 11.3. The predicted molar refractivity (Wildman–Crippen MR) is 64.8 cm³/mol. The lowest BCUT2D eigenvalue weighted by Gasteiger charge is -2.01. The molecule has 2 rings (SSSR count). The fourth-order valence-corrected chi connectivity index (χ4v) is 1.94. The Balaban J connectivity index is 2.74. The van der Waals surface area contributed by atoms with Gasteiger partial charge in [-0.3, -0.25) is 9.48 Å². The average Bonchev–Trinajstić information content (AvgIpc) is 2.56. The van der Waals surface area contributed by atoms with Crippen LogP contribution < -0.4 is 0 Å². The maximum Gasteiger partial charge on any atom is 0.159 e. The third kappa shape index (κ3) is 1.62. The van der Waals surface area contributed by atoms with Crippen LogP contribution in [0.5, 0.6) is 0 Å². The third-order valence-electron chi connectivity index (χ3n) is 2.83. The van der Waals surface area contributed by atoms with E-state index in [0.29, 0.717) is 5.92 Å². The number of ketones is 1. The Morgan fingerprint density at radius 1 is 1.38 bits per heavy atom. The summed E-state index contributed by atoms with van der Waals surface area (Å²) in [6.07, 6.45) is 0. The first-order chi connectivity index (χ1) is 7.50. The molecule has 0 radical (unpaired) electrons. The van der Waals surface area contributed by atoms with Gasteiger partial charge in [-0.25, -0.2) is 0 Å². The molecule has 0 aliphatic heterocycles. The molecule has 0 saturated heterocycles. The zero-order valence-corrected chi connectivity index (χ0v) is 10.1. The van der Waals surface area contributed by atoms with Gasteiger partial charge >= 0.3 is 0 Å². The van der Waals surface area contributed by atoms with E-state index >= 15 is 0 Å². The summed E-state index contributed by atoms with van der Waals surface area (Å²) in [6.45, 7) is 5.82. The van der Waals surface area contributed by atoms with Crippen LogP contribution in [0.4, 0.5) is 0 Å². The molecule has 0 fully saturated rings. The van der Waals surface area contributed by atoms with Gasteiger partial charge in [0.05, 0.1) is 11.2 Å². The van der Waals surface area contributed by atoms with Crippen LogP contribution in [-0.4, -0.2) is 15.6 Å². The number of rotatable bonds is 2. The molecule has 0 unspecified atom stereocenters. The number of aromatic nitrogens is 2. The lowest BCUT2D eigenvalue weighted by molar-refractivity contribution is 0.101. The Morgan fingerprint density at radius 3 is 2.62 bits per heavy atom. The molecular formula is C13H16N2O. The van der Waals surface area contributed by atoms with Crippen molar-refractivity contribution >= 4 is 16.7 Å². The highest BCUT2D eigenvalue weighted by Gasteiger charge is 2.12. The van der Waals surface area contributed by atoms with E-state index < -0.39 is 0 Å². The molecule has 0 atom stereocenters. The monoisotopic (exact) mass is 216 g/mol. The molecule has 1 heterocycles. The van der Waals surface area contributed by atoms with Gasteiger partial charge in [-0.15, -0.1) is 0 Å². The topological polar surface area (TPSA) is 34.9 Å². The molecule has 0 aliphatic carbocycles. The highest BCUT2D eigenvalue weighted by Crippen LogP contribution is 2.25. The number of hydrogen-bond donors (Lipinski definition) is 0.